The average Bonchev–Trinajstić information content (AvgIpc) is 2.66. The summed E-state index contributed by atoms with van der Waals surface area (Å²) in [6.07, 6.45) is 0. The Bertz CT molecular complexity index is 521. The summed E-state index contributed by atoms with van der Waals surface area (Å²) >= 11 is 7.54. The first kappa shape index (κ1) is 11.2. The Balaban J connectivity index is 2.41. The molecule has 0 aliphatic carbocycles. The van der Waals surface area contributed by atoms with Gasteiger partial charge in [-0.3, -0.25) is 0 Å². The lowest BCUT2D eigenvalue weighted by Gasteiger charge is -2.01. The average molecular weight is 256 g/mol. The number of carbonyl (C=O) groups excluding carboxylic acids is 1. The molecule has 0 unspecified atom stereocenters. The van der Waals surface area contributed by atoms with Crippen LogP contribution in [0.5, 0.6) is 5.75 Å². The number of thiophene rings is 1. The molecule has 16 heavy (non-hydrogen) atoms. The van der Waals surface area contributed by atoms with Crippen molar-refractivity contribution in [3.8, 4) is 5.75 Å². The van der Waals surface area contributed by atoms with E-state index in [2.05, 4.69) is 4.74 Å². The fourth-order valence-electron chi connectivity index (χ4n) is 1.42. The molecule has 0 aliphatic rings. The van der Waals surface area contributed by atoms with Gasteiger partial charge >= 0.3 is 6.47 Å². The van der Waals surface area contributed by atoms with Crippen LogP contribution in [0.25, 0.3) is 10.1 Å². The lowest BCUT2D eigenvalue weighted by Crippen LogP contribution is -1.84. The summed E-state index contributed by atoms with van der Waals surface area (Å²) in [5.41, 5.74) is 0. The normalized spacial score (nSPS) is 10.4. The van der Waals surface area contributed by atoms with Crippen LogP contribution >= 0.6 is 22.9 Å². The molecular formula is C11H8ClO3S. The van der Waals surface area contributed by atoms with Gasteiger partial charge in [0.25, 0.3) is 0 Å². The third-order valence-electron chi connectivity index (χ3n) is 2.12. The summed E-state index contributed by atoms with van der Waals surface area (Å²) in [7, 11) is 1.58. The fraction of sp³-hybridized carbons (Fsp3) is 0.182. The summed E-state index contributed by atoms with van der Waals surface area (Å²) in [5, 5.41) is 1.59. The molecule has 0 aliphatic heterocycles. The van der Waals surface area contributed by atoms with E-state index in [4.69, 9.17) is 16.3 Å². The van der Waals surface area contributed by atoms with E-state index < -0.39 is 0 Å². The molecule has 0 bridgehead atoms. The van der Waals surface area contributed by atoms with Gasteiger partial charge in [0.05, 0.1) is 12.1 Å². The summed E-state index contributed by atoms with van der Waals surface area (Å²) < 4.78 is 10.7. The zero-order valence-corrected chi connectivity index (χ0v) is 10.0. The number of hydrogen-bond donors (Lipinski definition) is 0. The molecule has 0 saturated carbocycles. The number of rotatable bonds is 4. The van der Waals surface area contributed by atoms with Crippen LogP contribution < -0.4 is 4.74 Å². The molecule has 83 valence electrons. The molecule has 2 rings (SSSR count). The van der Waals surface area contributed by atoms with E-state index >= 15 is 0 Å². The van der Waals surface area contributed by atoms with Crippen molar-refractivity contribution in [3.63, 3.8) is 0 Å². The van der Waals surface area contributed by atoms with Gasteiger partial charge in [0.15, 0.2) is 0 Å². The van der Waals surface area contributed by atoms with Crippen LogP contribution in [0.2, 0.25) is 5.02 Å². The Hall–Kier alpha value is -1.26. The second-order valence-corrected chi connectivity index (χ2v) is 4.68. The zero-order valence-electron chi connectivity index (χ0n) is 8.45. The van der Waals surface area contributed by atoms with Gasteiger partial charge in [0.1, 0.15) is 12.4 Å². The van der Waals surface area contributed by atoms with Gasteiger partial charge in [0.2, 0.25) is 0 Å². The molecule has 0 N–H and O–H groups in total. The van der Waals surface area contributed by atoms with Gasteiger partial charge in [0, 0.05) is 9.58 Å². The quantitative estimate of drug-likeness (QED) is 0.842. The molecule has 1 heterocycles. The lowest BCUT2D eigenvalue weighted by molar-refractivity contribution is 0.270. The van der Waals surface area contributed by atoms with Gasteiger partial charge in [-0.1, -0.05) is 11.6 Å². The van der Waals surface area contributed by atoms with Crippen molar-refractivity contribution in [2.24, 2.45) is 0 Å². The van der Waals surface area contributed by atoms with Crippen molar-refractivity contribution in [3.05, 3.63) is 28.1 Å². The largest absolute Gasteiger partial charge is 0.495 e. The Kier molecular flexibility index (Phi) is 3.31. The number of hydrogen-bond acceptors (Lipinski definition) is 4. The minimum absolute atomic E-state index is 0.239. The number of methoxy groups -OCH3 is 1. The highest BCUT2D eigenvalue weighted by atomic mass is 35.5. The first-order valence-electron chi connectivity index (χ1n) is 4.49. The van der Waals surface area contributed by atoms with E-state index in [0.717, 1.165) is 15.0 Å². The van der Waals surface area contributed by atoms with Crippen molar-refractivity contribution in [2.75, 3.05) is 7.11 Å². The third kappa shape index (κ3) is 2.13. The molecule has 2 aromatic rings. The van der Waals surface area contributed by atoms with Crippen LogP contribution in [0.3, 0.4) is 0 Å². The maximum Gasteiger partial charge on any atom is 0.417 e. The molecule has 0 saturated heterocycles. The smallest absolute Gasteiger partial charge is 0.417 e. The van der Waals surface area contributed by atoms with Crippen LogP contribution in [0, 0.1) is 0 Å². The number of benzene rings is 1. The standard InChI is InChI=1S/C11H8ClO3S/c1-14-10-4-11-7(3-9(10)12)2-8(16-11)5-15-6-13/h2-4H,5H2,1H3. The fourth-order valence-corrected chi connectivity index (χ4v) is 2.66. The van der Waals surface area contributed by atoms with Gasteiger partial charge in [-0.05, 0) is 23.6 Å². The Morgan fingerprint density at radius 1 is 1.44 bits per heavy atom. The van der Waals surface area contributed by atoms with Gasteiger partial charge in [-0.25, -0.2) is 4.79 Å². The second kappa shape index (κ2) is 4.72. The summed E-state index contributed by atoms with van der Waals surface area (Å²) in [4.78, 5) is 10.9. The third-order valence-corrected chi connectivity index (χ3v) is 3.48. The molecule has 1 aromatic heterocycles. The predicted octanol–water partition coefficient (Wildman–Crippen LogP) is 3.15. The summed E-state index contributed by atoms with van der Waals surface area (Å²) in [5.74, 6) is 0.644. The molecule has 5 heteroatoms. The molecule has 0 fully saturated rings. The molecule has 1 aromatic carbocycles. The van der Waals surface area contributed by atoms with E-state index in [0.29, 0.717) is 10.8 Å². The topological polar surface area (TPSA) is 35.5 Å². The zero-order chi connectivity index (χ0) is 11.5. The number of halogens is 1. The van der Waals surface area contributed by atoms with Crippen molar-refractivity contribution < 1.29 is 14.3 Å². The highest BCUT2D eigenvalue weighted by Gasteiger charge is 2.07. The van der Waals surface area contributed by atoms with Crippen LogP contribution in [-0.4, -0.2) is 13.6 Å². The molecule has 1 radical (unpaired) electrons. The van der Waals surface area contributed by atoms with Crippen molar-refractivity contribution >= 4 is 39.5 Å². The number of fused-ring (bicyclic) bond motifs is 1. The monoisotopic (exact) mass is 255 g/mol. The minimum atomic E-state index is 0.239. The van der Waals surface area contributed by atoms with Crippen LogP contribution in [0.4, 0.5) is 0 Å². The molecule has 0 spiro atoms. The number of ether oxygens (including phenoxy) is 2. The molecule has 0 amide bonds. The Labute approximate surface area is 102 Å². The van der Waals surface area contributed by atoms with Crippen molar-refractivity contribution in [1.29, 1.82) is 0 Å². The van der Waals surface area contributed by atoms with Crippen molar-refractivity contribution in [2.45, 2.75) is 6.61 Å². The molecular weight excluding hydrogens is 248 g/mol. The lowest BCUT2D eigenvalue weighted by atomic mass is 10.2. The minimum Gasteiger partial charge on any atom is -0.495 e. The van der Waals surface area contributed by atoms with E-state index in [1.807, 2.05) is 18.2 Å². The van der Waals surface area contributed by atoms with E-state index in [1.165, 1.54) is 17.8 Å². The predicted molar refractivity (Wildman–Crippen MR) is 63.9 cm³/mol. The Morgan fingerprint density at radius 3 is 2.94 bits per heavy atom. The van der Waals surface area contributed by atoms with Crippen molar-refractivity contribution in [1.82, 2.24) is 0 Å². The second-order valence-electron chi connectivity index (χ2n) is 3.11. The maximum absolute atomic E-state index is 9.96. The van der Waals surface area contributed by atoms with E-state index in [1.54, 1.807) is 7.11 Å². The van der Waals surface area contributed by atoms with Crippen LogP contribution in [0.15, 0.2) is 18.2 Å². The van der Waals surface area contributed by atoms with Crippen LogP contribution in [0.1, 0.15) is 4.88 Å². The first-order chi connectivity index (χ1) is 7.74. The molecule has 0 atom stereocenters. The highest BCUT2D eigenvalue weighted by molar-refractivity contribution is 7.19. The summed E-state index contributed by atoms with van der Waals surface area (Å²) in [6.45, 7) is 1.64. The SMILES string of the molecule is COc1cc2sc(CO[C]=O)cc2cc1Cl. The molecule has 3 nitrogen and oxygen atoms in total. The van der Waals surface area contributed by atoms with Gasteiger partial charge < -0.3 is 9.47 Å². The van der Waals surface area contributed by atoms with Crippen LogP contribution in [-0.2, 0) is 16.1 Å². The van der Waals surface area contributed by atoms with Gasteiger partial charge in [-0.15, -0.1) is 11.3 Å². The summed E-state index contributed by atoms with van der Waals surface area (Å²) in [6, 6.07) is 5.64. The van der Waals surface area contributed by atoms with E-state index in [-0.39, 0.29) is 6.61 Å². The maximum atomic E-state index is 9.96. The highest BCUT2D eigenvalue weighted by Crippen LogP contribution is 2.34. The first-order valence-corrected chi connectivity index (χ1v) is 5.69. The Morgan fingerprint density at radius 2 is 2.25 bits per heavy atom. The van der Waals surface area contributed by atoms with Gasteiger partial charge in [-0.2, -0.15) is 0 Å². The van der Waals surface area contributed by atoms with E-state index in [9.17, 15) is 4.79 Å².